The Kier molecular flexibility index (Phi) is 6.62. The van der Waals surface area contributed by atoms with Gasteiger partial charge < -0.3 is 20.5 Å². The topological polar surface area (TPSA) is 108 Å². The summed E-state index contributed by atoms with van der Waals surface area (Å²) in [6.45, 7) is 3.60. The number of carboxylic acid groups (broad SMARTS) is 1. The summed E-state index contributed by atoms with van der Waals surface area (Å²) in [4.78, 5) is 36.2. The zero-order valence-electron chi connectivity index (χ0n) is 14.2. The maximum Gasteiger partial charge on any atom is 0.414 e. The van der Waals surface area contributed by atoms with Crippen molar-refractivity contribution in [3.8, 4) is 0 Å². The lowest BCUT2D eigenvalue weighted by molar-refractivity contribution is -0.124. The Hall–Kier alpha value is -2.11. The first-order chi connectivity index (χ1) is 12.2. The lowest BCUT2D eigenvalue weighted by Crippen LogP contribution is -2.50. The van der Waals surface area contributed by atoms with Crippen LogP contribution >= 0.6 is 22.6 Å². The van der Waals surface area contributed by atoms with E-state index >= 15 is 0 Å². The molecule has 3 amide bonds. The van der Waals surface area contributed by atoms with Gasteiger partial charge in [-0.1, -0.05) is 13.8 Å². The van der Waals surface area contributed by atoms with Crippen LogP contribution in [-0.4, -0.2) is 48.4 Å². The third kappa shape index (κ3) is 4.96. The minimum atomic E-state index is -1.29. The van der Waals surface area contributed by atoms with E-state index in [1.807, 2.05) is 22.6 Å². The Labute approximate surface area is 163 Å². The first kappa shape index (κ1) is 20.2. The van der Waals surface area contributed by atoms with Gasteiger partial charge in [0.15, 0.2) is 0 Å². The van der Waals surface area contributed by atoms with Crippen molar-refractivity contribution in [1.82, 2.24) is 10.6 Å². The van der Waals surface area contributed by atoms with Crippen molar-refractivity contribution in [2.75, 3.05) is 18.0 Å². The van der Waals surface area contributed by atoms with Crippen LogP contribution < -0.4 is 15.5 Å². The van der Waals surface area contributed by atoms with E-state index in [-0.39, 0.29) is 19.0 Å². The Bertz CT molecular complexity index is 715. The van der Waals surface area contributed by atoms with Crippen molar-refractivity contribution in [2.45, 2.75) is 26.0 Å². The van der Waals surface area contributed by atoms with E-state index in [2.05, 4.69) is 10.6 Å². The number of nitrogens with zero attached hydrogens (tertiary/aromatic N) is 1. The molecule has 8 nitrogen and oxygen atoms in total. The molecule has 1 aromatic rings. The molecule has 0 bridgehead atoms. The summed E-state index contributed by atoms with van der Waals surface area (Å²) in [7, 11) is 0. The molecular weight excluding hydrogens is 460 g/mol. The predicted molar refractivity (Wildman–Crippen MR) is 99.5 cm³/mol. The highest BCUT2D eigenvalue weighted by Crippen LogP contribution is 2.24. The van der Waals surface area contributed by atoms with Crippen LogP contribution in [0.25, 0.3) is 0 Å². The number of halogens is 2. The fourth-order valence-corrected chi connectivity index (χ4v) is 2.82. The van der Waals surface area contributed by atoms with Gasteiger partial charge in [-0.05, 0) is 46.7 Å². The third-order valence-electron chi connectivity index (χ3n) is 3.82. The van der Waals surface area contributed by atoms with Crippen molar-refractivity contribution >= 4 is 46.4 Å². The summed E-state index contributed by atoms with van der Waals surface area (Å²) in [5.74, 6) is -1.19. The Balaban J connectivity index is 1.95. The van der Waals surface area contributed by atoms with Gasteiger partial charge in [0.2, 0.25) is 5.91 Å². The number of cyclic esters (lactones) is 1. The molecule has 0 aromatic heterocycles. The van der Waals surface area contributed by atoms with E-state index in [1.54, 1.807) is 26.0 Å². The molecule has 10 heteroatoms. The quantitative estimate of drug-likeness (QED) is 0.543. The summed E-state index contributed by atoms with van der Waals surface area (Å²) in [5, 5.41) is 13.5. The van der Waals surface area contributed by atoms with E-state index in [0.717, 1.165) is 0 Å². The Morgan fingerprint density at radius 3 is 2.73 bits per heavy atom. The molecule has 2 rings (SSSR count). The van der Waals surface area contributed by atoms with Gasteiger partial charge in [-0.25, -0.2) is 14.0 Å². The number of rotatable bonds is 6. The molecule has 0 saturated carbocycles. The van der Waals surface area contributed by atoms with Crippen molar-refractivity contribution in [3.63, 3.8) is 0 Å². The van der Waals surface area contributed by atoms with E-state index in [0.29, 0.717) is 9.26 Å². The number of anilines is 1. The van der Waals surface area contributed by atoms with Crippen LogP contribution in [0.2, 0.25) is 0 Å². The minimum Gasteiger partial charge on any atom is -0.465 e. The summed E-state index contributed by atoms with van der Waals surface area (Å²) < 4.78 is 19.3. The van der Waals surface area contributed by atoms with E-state index in [9.17, 15) is 18.8 Å². The lowest BCUT2D eigenvalue weighted by Gasteiger charge is -2.20. The van der Waals surface area contributed by atoms with Gasteiger partial charge in [0, 0.05) is 3.57 Å². The van der Waals surface area contributed by atoms with Crippen LogP contribution in [0.1, 0.15) is 13.8 Å². The van der Waals surface area contributed by atoms with Gasteiger partial charge in [-0.3, -0.25) is 9.69 Å². The number of hydrogen-bond acceptors (Lipinski definition) is 4. The molecule has 1 aliphatic rings. The van der Waals surface area contributed by atoms with Crippen molar-refractivity contribution in [2.24, 2.45) is 5.92 Å². The van der Waals surface area contributed by atoms with E-state index < -0.39 is 36.1 Å². The average molecular weight is 479 g/mol. The second kappa shape index (κ2) is 8.52. The van der Waals surface area contributed by atoms with Gasteiger partial charge in [-0.2, -0.15) is 0 Å². The molecule has 1 heterocycles. The summed E-state index contributed by atoms with van der Waals surface area (Å²) >= 11 is 1.85. The molecule has 1 aliphatic heterocycles. The molecule has 0 aliphatic carbocycles. The van der Waals surface area contributed by atoms with Gasteiger partial charge in [0.1, 0.15) is 18.0 Å². The highest BCUT2D eigenvalue weighted by Gasteiger charge is 2.33. The number of hydrogen-bond donors (Lipinski definition) is 3. The number of amides is 3. The van der Waals surface area contributed by atoms with Crippen molar-refractivity contribution < 1.29 is 28.6 Å². The maximum atomic E-state index is 13.7. The standard InChI is InChI=1S/C16H19FIN3O5/c1-8(2)13(20-15(23)24)14(22)19-6-10-7-21(16(25)26-10)9-3-4-12(18)11(17)5-9/h3-5,8,10,13,20H,6-7H2,1-2H3,(H,19,22)(H,23,24)/t10-,13-/m0/s1. The maximum absolute atomic E-state index is 13.7. The first-order valence-corrected chi connectivity index (χ1v) is 8.97. The molecule has 0 unspecified atom stereocenters. The number of carbonyl (C=O) groups is 3. The minimum absolute atomic E-state index is 0.0262. The molecule has 0 radical (unpaired) electrons. The van der Waals surface area contributed by atoms with Gasteiger partial charge in [0.05, 0.1) is 18.8 Å². The first-order valence-electron chi connectivity index (χ1n) is 7.89. The van der Waals surface area contributed by atoms with E-state index in [1.165, 1.54) is 11.0 Å². The number of benzene rings is 1. The van der Waals surface area contributed by atoms with Gasteiger partial charge in [-0.15, -0.1) is 0 Å². The van der Waals surface area contributed by atoms with Gasteiger partial charge in [0.25, 0.3) is 0 Å². The third-order valence-corrected chi connectivity index (χ3v) is 4.70. The smallest absolute Gasteiger partial charge is 0.414 e. The molecule has 1 aromatic carbocycles. The van der Waals surface area contributed by atoms with Crippen LogP contribution in [-0.2, 0) is 9.53 Å². The highest BCUT2D eigenvalue weighted by molar-refractivity contribution is 14.1. The second-order valence-corrected chi connectivity index (χ2v) is 7.29. The van der Waals surface area contributed by atoms with Crippen molar-refractivity contribution in [3.05, 3.63) is 27.6 Å². The Morgan fingerprint density at radius 1 is 1.46 bits per heavy atom. The molecule has 1 saturated heterocycles. The number of nitrogens with one attached hydrogen (secondary N) is 2. The fraction of sp³-hybridized carbons (Fsp3) is 0.438. The van der Waals surface area contributed by atoms with Gasteiger partial charge >= 0.3 is 12.2 Å². The zero-order valence-corrected chi connectivity index (χ0v) is 16.3. The summed E-state index contributed by atoms with van der Waals surface area (Å²) in [5.41, 5.74) is 0.370. The predicted octanol–water partition coefficient (Wildman–Crippen LogP) is 2.16. The van der Waals surface area contributed by atoms with Crippen LogP contribution in [0.5, 0.6) is 0 Å². The largest absolute Gasteiger partial charge is 0.465 e. The summed E-state index contributed by atoms with van der Waals surface area (Å²) in [6.07, 6.45) is -2.54. The molecule has 2 atom stereocenters. The molecule has 3 N–H and O–H groups in total. The van der Waals surface area contributed by atoms with Crippen molar-refractivity contribution in [1.29, 1.82) is 0 Å². The Morgan fingerprint density at radius 2 is 2.15 bits per heavy atom. The van der Waals surface area contributed by atoms with Crippen LogP contribution in [0.4, 0.5) is 19.7 Å². The molecule has 0 spiro atoms. The average Bonchev–Trinajstić information content (AvgIpc) is 2.93. The second-order valence-electron chi connectivity index (χ2n) is 6.13. The molecule has 26 heavy (non-hydrogen) atoms. The zero-order chi connectivity index (χ0) is 19.4. The molecule has 1 fully saturated rings. The monoisotopic (exact) mass is 479 g/mol. The number of carbonyl (C=O) groups excluding carboxylic acids is 2. The normalized spacial score (nSPS) is 17.8. The summed E-state index contributed by atoms with van der Waals surface area (Å²) in [6, 6.07) is 3.50. The lowest BCUT2D eigenvalue weighted by atomic mass is 10.0. The molecule has 142 valence electrons. The van der Waals surface area contributed by atoms with Crippen LogP contribution in [0.15, 0.2) is 18.2 Å². The van der Waals surface area contributed by atoms with E-state index in [4.69, 9.17) is 9.84 Å². The number of ether oxygens (including phenoxy) is 1. The van der Waals surface area contributed by atoms with Crippen LogP contribution in [0, 0.1) is 15.3 Å². The van der Waals surface area contributed by atoms with Crippen LogP contribution in [0.3, 0.4) is 0 Å². The fourth-order valence-electron chi connectivity index (χ4n) is 2.48. The highest BCUT2D eigenvalue weighted by atomic mass is 127. The SMILES string of the molecule is CC(C)[C@H](NC(=O)O)C(=O)NC[C@H]1CN(c2ccc(I)c(F)c2)C(=O)O1. The molecular formula is C16H19FIN3O5.